The summed E-state index contributed by atoms with van der Waals surface area (Å²) in [5.74, 6) is 1.07. The van der Waals surface area contributed by atoms with Crippen LogP contribution in [0.25, 0.3) is 32.3 Å². The van der Waals surface area contributed by atoms with Crippen LogP contribution in [0.2, 0.25) is 0 Å². The maximum atomic E-state index is 12.5. The number of aromatic amines is 1. The van der Waals surface area contributed by atoms with Crippen molar-refractivity contribution in [3.8, 4) is 5.75 Å². The Morgan fingerprint density at radius 1 is 0.863 bits per heavy atom. The maximum Gasteiger partial charge on any atom is 0.344 e. The van der Waals surface area contributed by atoms with E-state index in [1.165, 1.54) is 37.7 Å². The first-order chi connectivity index (χ1) is 24.7. The van der Waals surface area contributed by atoms with Crippen LogP contribution >= 0.6 is 37.6 Å². The number of rotatable bonds is 15. The molecule has 6 aromatic rings. The van der Waals surface area contributed by atoms with E-state index in [4.69, 9.17) is 27.1 Å². The molecule has 0 radical (unpaired) electrons. The third-order valence-corrected chi connectivity index (χ3v) is 12.5. The van der Waals surface area contributed by atoms with Gasteiger partial charge in [-0.3, -0.25) is 14.3 Å². The van der Waals surface area contributed by atoms with Gasteiger partial charge < -0.3 is 33.2 Å². The number of thioether (sulfide) groups is 1. The van der Waals surface area contributed by atoms with Crippen LogP contribution in [0.4, 0.5) is 0 Å². The summed E-state index contributed by atoms with van der Waals surface area (Å²) in [6.07, 6.45) is -1.00. The third-order valence-electron chi connectivity index (χ3n) is 8.33. The zero-order valence-electron chi connectivity index (χ0n) is 27.0. The normalized spacial score (nSPS) is 19.6. The molecule has 4 unspecified atom stereocenters. The number of benzene rings is 5. The third kappa shape index (κ3) is 8.45. The zero-order chi connectivity index (χ0) is 35.5. The second kappa shape index (κ2) is 16.3. The van der Waals surface area contributed by atoms with Crippen molar-refractivity contribution in [2.75, 3.05) is 19.0 Å². The molecule has 51 heavy (non-hydrogen) atoms. The number of nitrogens with one attached hydrogen (secondary N) is 1. The molecule has 0 aliphatic carbocycles. The molecular formula is C34H33N2O11P3S. The van der Waals surface area contributed by atoms with Gasteiger partial charge in [-0.1, -0.05) is 66.7 Å². The number of aryl methyl sites for hydroxylation is 1. The summed E-state index contributed by atoms with van der Waals surface area (Å²) < 4.78 is 34.4. The van der Waals surface area contributed by atoms with E-state index in [9.17, 15) is 24.3 Å². The van der Waals surface area contributed by atoms with Crippen molar-refractivity contribution in [3.05, 3.63) is 118 Å². The van der Waals surface area contributed by atoms with Gasteiger partial charge in [0, 0.05) is 28.8 Å². The molecule has 2 heterocycles. The molecule has 5 aromatic carbocycles. The molecule has 1 aliphatic rings. The van der Waals surface area contributed by atoms with Gasteiger partial charge in [-0.15, -0.1) is 11.8 Å². The molecule has 0 bridgehead atoms. The minimum atomic E-state index is -2.78. The van der Waals surface area contributed by atoms with Gasteiger partial charge in [-0.05, 0) is 57.4 Å². The number of aromatic nitrogens is 2. The first-order valence-corrected chi connectivity index (χ1v) is 20.2. The molecule has 4 N–H and O–H groups in total. The van der Waals surface area contributed by atoms with Crippen molar-refractivity contribution in [1.82, 2.24) is 9.55 Å². The van der Waals surface area contributed by atoms with Gasteiger partial charge in [0.25, 0.3) is 5.56 Å². The maximum absolute atomic E-state index is 12.5. The van der Waals surface area contributed by atoms with Crippen LogP contribution in [0.3, 0.4) is 0 Å². The second-order valence-electron chi connectivity index (χ2n) is 11.6. The minimum absolute atomic E-state index is 0.00175. The SMILES string of the molecule is Cc1cn([C@H]2C[C@@H](OP(O)OP(O)OP(O)OCCSc3ccc4ccc5cccc6ccc3c4c56)C(COc3ccccc3)O2)c(=O)[nH]c1=O. The predicted octanol–water partition coefficient (Wildman–Crippen LogP) is 6.99. The van der Waals surface area contributed by atoms with Crippen molar-refractivity contribution in [3.63, 3.8) is 0 Å². The second-order valence-corrected chi connectivity index (χ2v) is 15.9. The van der Waals surface area contributed by atoms with E-state index in [-0.39, 0.29) is 19.6 Å². The molecule has 0 saturated carbocycles. The summed E-state index contributed by atoms with van der Waals surface area (Å²) in [5, 5.41) is 7.13. The van der Waals surface area contributed by atoms with Gasteiger partial charge in [0.05, 0.1) is 6.61 Å². The van der Waals surface area contributed by atoms with Gasteiger partial charge >= 0.3 is 31.5 Å². The van der Waals surface area contributed by atoms with E-state index in [2.05, 4.69) is 59.6 Å². The predicted molar refractivity (Wildman–Crippen MR) is 198 cm³/mol. The minimum Gasteiger partial charge on any atom is -0.491 e. The van der Waals surface area contributed by atoms with Crippen molar-refractivity contribution in [1.29, 1.82) is 0 Å². The molecule has 0 spiro atoms. The van der Waals surface area contributed by atoms with Crippen LogP contribution in [0.1, 0.15) is 18.2 Å². The quantitative estimate of drug-likeness (QED) is 0.0366. The van der Waals surface area contributed by atoms with E-state index >= 15 is 0 Å². The van der Waals surface area contributed by atoms with Gasteiger partial charge in [0.15, 0.2) is 0 Å². The summed E-state index contributed by atoms with van der Waals surface area (Å²) in [6.45, 7) is 1.68. The molecule has 6 atom stereocenters. The smallest absolute Gasteiger partial charge is 0.344 e. The highest BCUT2D eigenvalue weighted by atomic mass is 32.2. The molecular weight excluding hydrogens is 737 g/mol. The van der Waals surface area contributed by atoms with Gasteiger partial charge in [0.2, 0.25) is 0 Å². The molecule has 0 amide bonds. The van der Waals surface area contributed by atoms with Crippen molar-refractivity contribution in [2.24, 2.45) is 0 Å². The number of hydrogen-bond donors (Lipinski definition) is 4. The van der Waals surface area contributed by atoms with Gasteiger partial charge in [-0.25, -0.2) is 13.4 Å². The Hall–Kier alpha value is -3.06. The van der Waals surface area contributed by atoms with Crippen molar-refractivity contribution >= 4 is 69.9 Å². The van der Waals surface area contributed by atoms with Gasteiger partial charge in [0.1, 0.15) is 30.8 Å². The number of nitrogens with zero attached hydrogens (tertiary/aromatic N) is 1. The molecule has 1 aliphatic heterocycles. The van der Waals surface area contributed by atoms with E-state index in [0.717, 1.165) is 10.3 Å². The topological polar surface area (TPSA) is 171 Å². The van der Waals surface area contributed by atoms with E-state index < -0.39 is 55.5 Å². The molecule has 1 fully saturated rings. The molecule has 1 saturated heterocycles. The summed E-state index contributed by atoms with van der Waals surface area (Å²) in [7, 11) is -8.04. The lowest BCUT2D eigenvalue weighted by molar-refractivity contribution is -0.0383. The monoisotopic (exact) mass is 770 g/mol. The summed E-state index contributed by atoms with van der Waals surface area (Å²) >= 11 is 1.58. The molecule has 7 rings (SSSR count). The Balaban J connectivity index is 0.910. The average molecular weight is 771 g/mol. The molecule has 17 heteroatoms. The van der Waals surface area contributed by atoms with Crippen molar-refractivity contribution < 1.29 is 41.8 Å². The van der Waals surface area contributed by atoms with Crippen LogP contribution in [0.15, 0.2) is 106 Å². The fraction of sp³-hybridized carbons (Fsp3) is 0.235. The van der Waals surface area contributed by atoms with Crippen LogP contribution in [-0.2, 0) is 22.4 Å². The highest BCUT2D eigenvalue weighted by Gasteiger charge is 2.40. The Kier molecular flexibility index (Phi) is 11.6. The highest BCUT2D eigenvalue weighted by Crippen LogP contribution is 2.57. The number of hydrogen-bond acceptors (Lipinski definition) is 12. The first kappa shape index (κ1) is 36.3. The van der Waals surface area contributed by atoms with Gasteiger partial charge in [-0.2, -0.15) is 0 Å². The molecule has 266 valence electrons. The Morgan fingerprint density at radius 2 is 1.57 bits per heavy atom. The highest BCUT2D eigenvalue weighted by molar-refractivity contribution is 7.99. The summed E-state index contributed by atoms with van der Waals surface area (Å²) in [4.78, 5) is 59.0. The molecule has 13 nitrogen and oxygen atoms in total. The lowest BCUT2D eigenvalue weighted by Gasteiger charge is -2.22. The fourth-order valence-corrected chi connectivity index (χ4v) is 9.41. The lowest BCUT2D eigenvalue weighted by atomic mass is 9.94. The molecule has 1 aromatic heterocycles. The zero-order valence-corrected chi connectivity index (χ0v) is 30.5. The number of H-pyrrole nitrogens is 1. The fourth-order valence-electron chi connectivity index (χ4n) is 6.02. The summed E-state index contributed by atoms with van der Waals surface area (Å²) in [6, 6.07) is 28.0. The van der Waals surface area contributed by atoms with E-state index in [1.54, 1.807) is 43.0 Å². The Bertz CT molecular complexity index is 2210. The van der Waals surface area contributed by atoms with E-state index in [0.29, 0.717) is 17.1 Å². The van der Waals surface area contributed by atoms with Crippen LogP contribution in [-0.4, -0.2) is 55.4 Å². The number of para-hydroxylation sites is 1. The van der Waals surface area contributed by atoms with E-state index in [1.807, 2.05) is 6.07 Å². The standard InChI is InChI=1S/C34H33N2O11P3S/c1-21-19-36(34(38)35-33(21)37)30-18-27(28(44-30)20-42-25-8-3-2-4-9-25)45-49(40)47-50(41)46-48(39)43-16-17-51-29-15-13-24-11-10-22-6-5-7-23-12-14-26(29)32(24)31(22)23/h2-15,19,27-28,30,39-41H,16-18,20H2,1H3,(H,35,37,38)/t27-,28?,30-,48?,49?,50?/m1/s1. The largest absolute Gasteiger partial charge is 0.491 e. The average Bonchev–Trinajstić information content (AvgIpc) is 3.52. The Morgan fingerprint density at radius 3 is 2.35 bits per heavy atom. The Labute approximate surface area is 299 Å². The summed E-state index contributed by atoms with van der Waals surface area (Å²) in [5.41, 5.74) is -0.867. The number of ether oxygens (including phenoxy) is 2. The first-order valence-electron chi connectivity index (χ1n) is 15.8. The van der Waals surface area contributed by atoms with Crippen LogP contribution in [0, 0.1) is 6.92 Å². The lowest BCUT2D eigenvalue weighted by Crippen LogP contribution is -2.33. The van der Waals surface area contributed by atoms with Crippen LogP contribution in [0.5, 0.6) is 5.75 Å². The van der Waals surface area contributed by atoms with Crippen LogP contribution < -0.4 is 16.0 Å². The van der Waals surface area contributed by atoms with Crippen molar-refractivity contribution in [2.45, 2.75) is 36.7 Å².